The van der Waals surface area contributed by atoms with Gasteiger partial charge in [-0.05, 0) is 19.4 Å². The maximum absolute atomic E-state index is 11.8. The molecule has 0 aromatic heterocycles. The molecule has 90 valence electrons. The van der Waals surface area contributed by atoms with Crippen LogP contribution in [-0.2, 0) is 4.79 Å². The van der Waals surface area contributed by atoms with Crippen molar-refractivity contribution in [2.24, 2.45) is 0 Å². The lowest BCUT2D eigenvalue weighted by Gasteiger charge is -2.24. The minimum Gasteiger partial charge on any atom is -0.395 e. The van der Waals surface area contributed by atoms with Gasteiger partial charge in [-0.15, -0.1) is 0 Å². The van der Waals surface area contributed by atoms with E-state index in [2.05, 4.69) is 0 Å². The summed E-state index contributed by atoms with van der Waals surface area (Å²) in [7, 11) is 1.71. The average molecular weight is 225 g/mol. The first-order valence-corrected chi connectivity index (χ1v) is 5.65. The van der Waals surface area contributed by atoms with E-state index in [1.807, 2.05) is 11.0 Å². The molecule has 0 radical (unpaired) electrons. The van der Waals surface area contributed by atoms with Crippen LogP contribution in [0.1, 0.15) is 19.3 Å². The molecule has 1 heterocycles. The van der Waals surface area contributed by atoms with Crippen LogP contribution < -0.4 is 0 Å². The van der Waals surface area contributed by atoms with Gasteiger partial charge in [-0.25, -0.2) is 0 Å². The van der Waals surface area contributed by atoms with E-state index in [4.69, 9.17) is 10.4 Å². The molecular formula is C11H19N3O2. The molecule has 16 heavy (non-hydrogen) atoms. The third kappa shape index (κ3) is 3.47. The lowest BCUT2D eigenvalue weighted by molar-refractivity contribution is -0.131. The van der Waals surface area contributed by atoms with Crippen LogP contribution in [0, 0.1) is 11.3 Å². The van der Waals surface area contributed by atoms with Crippen molar-refractivity contribution < 1.29 is 9.90 Å². The van der Waals surface area contributed by atoms with Crippen molar-refractivity contribution in [2.75, 3.05) is 33.3 Å². The molecule has 0 aromatic carbocycles. The van der Waals surface area contributed by atoms with E-state index in [1.165, 1.54) is 0 Å². The van der Waals surface area contributed by atoms with Crippen molar-refractivity contribution in [2.45, 2.75) is 25.3 Å². The molecule has 1 N–H and O–H groups in total. The summed E-state index contributed by atoms with van der Waals surface area (Å²) in [4.78, 5) is 15.4. The van der Waals surface area contributed by atoms with Crippen LogP contribution in [0.2, 0.25) is 0 Å². The van der Waals surface area contributed by atoms with Crippen LogP contribution >= 0.6 is 0 Å². The van der Waals surface area contributed by atoms with E-state index in [9.17, 15) is 4.79 Å². The summed E-state index contributed by atoms with van der Waals surface area (Å²) in [6, 6.07) is 2.15. The summed E-state index contributed by atoms with van der Waals surface area (Å²) in [6.07, 6.45) is 2.37. The Bertz CT molecular complexity index is 275. The molecule has 1 saturated heterocycles. The number of carbonyl (C=O) groups excluding carboxylic acids is 1. The number of likely N-dealkylation sites (N-methyl/N-ethyl adjacent to an activating group) is 1. The Morgan fingerprint density at radius 3 is 3.06 bits per heavy atom. The first kappa shape index (κ1) is 12.9. The number of hydrogen-bond donors (Lipinski definition) is 1. The van der Waals surface area contributed by atoms with Gasteiger partial charge in [0.1, 0.15) is 0 Å². The Labute approximate surface area is 96.3 Å². The zero-order valence-electron chi connectivity index (χ0n) is 9.72. The molecular weight excluding hydrogens is 206 g/mol. The zero-order chi connectivity index (χ0) is 12.0. The minimum atomic E-state index is 0.0237. The summed E-state index contributed by atoms with van der Waals surface area (Å²) in [5.41, 5.74) is 0. The number of likely N-dealkylation sites (tertiary alicyclic amines) is 1. The molecule has 0 bridgehead atoms. The standard InChI is InChI=1S/C11H19N3O2/c1-13(6-3-5-12)11(16)8-14-7-2-4-10(14)9-15/h10,15H,2-4,6-9H2,1H3. The van der Waals surface area contributed by atoms with Gasteiger partial charge in [0.25, 0.3) is 0 Å². The van der Waals surface area contributed by atoms with E-state index in [-0.39, 0.29) is 18.6 Å². The Balaban J connectivity index is 2.35. The number of nitrogens with zero attached hydrogens (tertiary/aromatic N) is 3. The smallest absolute Gasteiger partial charge is 0.236 e. The van der Waals surface area contributed by atoms with Crippen LogP contribution in [-0.4, -0.2) is 60.1 Å². The molecule has 1 aliphatic rings. The molecule has 5 heteroatoms. The predicted octanol–water partition coefficient (Wildman–Crippen LogP) is -0.185. The Kier molecular flexibility index (Phi) is 5.23. The molecule has 1 atom stereocenters. The van der Waals surface area contributed by atoms with Gasteiger partial charge in [0.05, 0.1) is 25.6 Å². The SMILES string of the molecule is CN(CCC#N)C(=O)CN1CCCC1CO. The highest BCUT2D eigenvalue weighted by atomic mass is 16.3. The topological polar surface area (TPSA) is 67.6 Å². The molecule has 0 aliphatic carbocycles. The average Bonchev–Trinajstić information content (AvgIpc) is 2.72. The second-order valence-electron chi connectivity index (χ2n) is 4.17. The molecule has 0 saturated carbocycles. The summed E-state index contributed by atoms with van der Waals surface area (Å²) in [5.74, 6) is 0.0237. The lowest BCUT2D eigenvalue weighted by atomic mass is 10.2. The monoisotopic (exact) mass is 225 g/mol. The minimum absolute atomic E-state index is 0.0237. The van der Waals surface area contributed by atoms with Crippen molar-refractivity contribution in [1.82, 2.24) is 9.80 Å². The third-order valence-corrected chi connectivity index (χ3v) is 3.03. The van der Waals surface area contributed by atoms with Crippen molar-refractivity contribution in [1.29, 1.82) is 5.26 Å². The summed E-state index contributed by atoms with van der Waals surface area (Å²) in [5, 5.41) is 17.5. The van der Waals surface area contributed by atoms with Crippen LogP contribution in [0.5, 0.6) is 0 Å². The van der Waals surface area contributed by atoms with E-state index in [0.29, 0.717) is 19.5 Å². The largest absolute Gasteiger partial charge is 0.395 e. The van der Waals surface area contributed by atoms with Gasteiger partial charge >= 0.3 is 0 Å². The normalized spacial score (nSPS) is 20.7. The van der Waals surface area contributed by atoms with Gasteiger partial charge in [0.15, 0.2) is 0 Å². The van der Waals surface area contributed by atoms with E-state index in [0.717, 1.165) is 19.4 Å². The molecule has 5 nitrogen and oxygen atoms in total. The van der Waals surface area contributed by atoms with Crippen LogP contribution in [0.15, 0.2) is 0 Å². The molecule has 0 spiro atoms. The molecule has 0 aromatic rings. The van der Waals surface area contributed by atoms with Gasteiger partial charge in [-0.3, -0.25) is 9.69 Å². The van der Waals surface area contributed by atoms with E-state index in [1.54, 1.807) is 11.9 Å². The second kappa shape index (κ2) is 6.46. The first-order chi connectivity index (χ1) is 7.69. The Morgan fingerprint density at radius 1 is 1.69 bits per heavy atom. The fraction of sp³-hybridized carbons (Fsp3) is 0.818. The Morgan fingerprint density at radius 2 is 2.44 bits per heavy atom. The van der Waals surface area contributed by atoms with Gasteiger partial charge in [0.2, 0.25) is 5.91 Å². The van der Waals surface area contributed by atoms with E-state index < -0.39 is 0 Å². The summed E-state index contributed by atoms with van der Waals surface area (Å²) in [6.45, 7) is 1.83. The van der Waals surface area contributed by atoms with Crippen molar-refractivity contribution in [3.63, 3.8) is 0 Å². The number of nitriles is 1. The van der Waals surface area contributed by atoms with Gasteiger partial charge in [0, 0.05) is 19.6 Å². The van der Waals surface area contributed by atoms with Crippen LogP contribution in [0.4, 0.5) is 0 Å². The van der Waals surface area contributed by atoms with E-state index >= 15 is 0 Å². The summed E-state index contributed by atoms with van der Waals surface area (Å²) >= 11 is 0. The van der Waals surface area contributed by atoms with Crippen molar-refractivity contribution in [3.05, 3.63) is 0 Å². The number of carbonyl (C=O) groups is 1. The van der Waals surface area contributed by atoms with Crippen molar-refractivity contribution in [3.8, 4) is 6.07 Å². The van der Waals surface area contributed by atoms with Crippen LogP contribution in [0.3, 0.4) is 0 Å². The maximum atomic E-state index is 11.8. The highest BCUT2D eigenvalue weighted by molar-refractivity contribution is 5.78. The molecule has 1 amide bonds. The van der Waals surface area contributed by atoms with Gasteiger partial charge < -0.3 is 10.0 Å². The fourth-order valence-electron chi connectivity index (χ4n) is 1.95. The number of hydrogen-bond acceptors (Lipinski definition) is 4. The number of aliphatic hydroxyl groups is 1. The lowest BCUT2D eigenvalue weighted by Crippen LogP contribution is -2.42. The highest BCUT2D eigenvalue weighted by Gasteiger charge is 2.26. The number of aliphatic hydroxyl groups excluding tert-OH is 1. The number of amides is 1. The third-order valence-electron chi connectivity index (χ3n) is 3.03. The second-order valence-corrected chi connectivity index (χ2v) is 4.17. The quantitative estimate of drug-likeness (QED) is 0.704. The molecule has 1 rings (SSSR count). The first-order valence-electron chi connectivity index (χ1n) is 5.65. The molecule has 1 fully saturated rings. The van der Waals surface area contributed by atoms with Gasteiger partial charge in [-0.1, -0.05) is 0 Å². The molecule has 1 aliphatic heterocycles. The van der Waals surface area contributed by atoms with Crippen molar-refractivity contribution >= 4 is 5.91 Å². The summed E-state index contributed by atoms with van der Waals surface area (Å²) < 4.78 is 0. The van der Waals surface area contributed by atoms with Crippen LogP contribution in [0.25, 0.3) is 0 Å². The van der Waals surface area contributed by atoms with Gasteiger partial charge in [-0.2, -0.15) is 5.26 Å². The number of rotatable bonds is 5. The maximum Gasteiger partial charge on any atom is 0.236 e. The molecule has 1 unspecified atom stereocenters. The predicted molar refractivity (Wildman–Crippen MR) is 59.5 cm³/mol. The Hall–Kier alpha value is -1.12. The highest BCUT2D eigenvalue weighted by Crippen LogP contribution is 2.16. The zero-order valence-corrected chi connectivity index (χ0v) is 9.72. The fourth-order valence-corrected chi connectivity index (χ4v) is 1.95.